The summed E-state index contributed by atoms with van der Waals surface area (Å²) in [6.45, 7) is 12.4. The van der Waals surface area contributed by atoms with Crippen molar-refractivity contribution in [3.05, 3.63) is 63.8 Å². The Morgan fingerprint density at radius 3 is 2.16 bits per heavy atom. The Bertz CT molecular complexity index is 3300. The number of nitrogens with one attached hydrogen (secondary N) is 2. The molecule has 536 valence electrons. The molecule has 28 heteroatoms. The van der Waals surface area contributed by atoms with Gasteiger partial charge in [-0.05, 0) is 62.7 Å². The average molecular weight is 1400 g/mol. The topological polar surface area (TPSA) is 282 Å². The summed E-state index contributed by atoms with van der Waals surface area (Å²) >= 11 is 3.65. The van der Waals surface area contributed by atoms with E-state index in [0.717, 1.165) is 110 Å². The predicted molar refractivity (Wildman–Crippen MR) is 373 cm³/mol. The number of ketones is 3. The van der Waals surface area contributed by atoms with Gasteiger partial charge in [0.25, 0.3) is 0 Å². The van der Waals surface area contributed by atoms with Crippen LogP contribution in [0.5, 0.6) is 0 Å². The maximum Gasteiger partial charge on any atom is 0.315 e. The van der Waals surface area contributed by atoms with Gasteiger partial charge in [-0.2, -0.15) is 11.8 Å². The molecule has 1 aromatic carbocycles. The Balaban J connectivity index is 0.524. The Labute approximate surface area is 583 Å². The van der Waals surface area contributed by atoms with Crippen LogP contribution in [0, 0.1) is 0 Å². The third kappa shape index (κ3) is 22.2. The lowest BCUT2D eigenvalue weighted by Gasteiger charge is -2.34. The minimum atomic E-state index is -0.550. The van der Waals surface area contributed by atoms with E-state index < -0.39 is 12.2 Å². The first-order chi connectivity index (χ1) is 48.0. The number of rotatable bonds is 43. The molecule has 98 heavy (non-hydrogen) atoms. The van der Waals surface area contributed by atoms with Crippen LogP contribution in [0.1, 0.15) is 130 Å². The lowest BCUT2D eigenvalue weighted by molar-refractivity contribution is -0.136. The first-order valence-corrected chi connectivity index (χ1v) is 37.2. The van der Waals surface area contributed by atoms with E-state index in [1.165, 1.54) is 16.5 Å². The van der Waals surface area contributed by atoms with Crippen molar-refractivity contribution in [3.63, 3.8) is 0 Å². The molecule has 6 aliphatic heterocycles. The number of ether oxygens (including phenoxy) is 8. The average Bonchev–Trinajstić information content (AvgIpc) is 1.54. The van der Waals surface area contributed by atoms with E-state index in [4.69, 9.17) is 47.9 Å². The number of anilines is 1. The largest absolute Gasteiger partial charge is 0.379 e. The number of aromatic nitrogens is 5. The van der Waals surface area contributed by atoms with Gasteiger partial charge in [-0.1, -0.05) is 35.9 Å². The zero-order valence-electron chi connectivity index (χ0n) is 57.2. The van der Waals surface area contributed by atoms with Crippen LogP contribution in [0.4, 0.5) is 10.6 Å². The summed E-state index contributed by atoms with van der Waals surface area (Å²) < 4.78 is 48.9. The molecule has 26 nitrogen and oxygen atoms in total. The number of hydrogen-bond donors (Lipinski definition) is 2. The molecule has 2 N–H and O–H groups in total. The SMILES string of the molecule is CO[C@H]1CN(C(=O)CCCC(=O)CCCCOCCOCCOCCCCC(=O)CCCC[C@@H]2SC[C@@H]3NC(=O)N[C@@H]32)CCc2c(nnn2CCOCCOC/C=C/C(=O)CCC(=O)N2CCN(Cc3cc4nc(-c5cccc6c5C=NC6)nc(N5CCOCC5)c4s3)CC2)[C@@H]1OC. The van der Waals surface area contributed by atoms with Gasteiger partial charge in [-0.25, -0.2) is 19.4 Å². The van der Waals surface area contributed by atoms with Crippen LogP contribution in [0.3, 0.4) is 0 Å². The summed E-state index contributed by atoms with van der Waals surface area (Å²) in [5, 5.41) is 15.4. The molecule has 9 heterocycles. The van der Waals surface area contributed by atoms with Crippen LogP contribution in [0.2, 0.25) is 0 Å². The van der Waals surface area contributed by atoms with Crippen molar-refractivity contribution < 1.29 is 66.7 Å². The Morgan fingerprint density at radius 2 is 1.42 bits per heavy atom. The molecule has 0 radical (unpaired) electrons. The Kier molecular flexibility index (Phi) is 30.2. The van der Waals surface area contributed by atoms with Crippen molar-refractivity contribution in [2.45, 2.75) is 152 Å². The molecule has 4 aromatic rings. The molecule has 4 saturated heterocycles. The number of allylic oxidation sites excluding steroid dienone is 1. The van der Waals surface area contributed by atoms with Gasteiger partial charge in [-0.15, -0.1) is 16.4 Å². The predicted octanol–water partition coefficient (Wildman–Crippen LogP) is 6.51. The second-order valence-corrected chi connectivity index (χ2v) is 28.1. The molecule has 0 aliphatic carbocycles. The molecule has 0 spiro atoms. The molecular weight excluding hydrogens is 1300 g/mol. The number of benzene rings is 1. The van der Waals surface area contributed by atoms with Crippen LogP contribution < -0.4 is 15.5 Å². The summed E-state index contributed by atoms with van der Waals surface area (Å²) in [4.78, 5) is 101. The zero-order chi connectivity index (χ0) is 68.3. The molecule has 6 aliphatic rings. The molecule has 4 amide bonds. The van der Waals surface area contributed by atoms with Crippen molar-refractivity contribution in [2.75, 3.05) is 157 Å². The molecule has 5 atom stereocenters. The number of carbonyl (C=O) groups is 6. The van der Waals surface area contributed by atoms with Crippen LogP contribution in [0.25, 0.3) is 21.6 Å². The number of unbranched alkanes of at least 4 members (excludes halogenated alkanes) is 3. The maximum atomic E-state index is 13.6. The van der Waals surface area contributed by atoms with E-state index >= 15 is 0 Å². The fourth-order valence-electron chi connectivity index (χ4n) is 13.3. The van der Waals surface area contributed by atoms with Crippen molar-refractivity contribution in [2.24, 2.45) is 4.99 Å². The monoisotopic (exact) mass is 1400 g/mol. The highest BCUT2D eigenvalue weighted by Crippen LogP contribution is 2.38. The van der Waals surface area contributed by atoms with Crippen LogP contribution in [-0.4, -0.2) is 256 Å². The van der Waals surface area contributed by atoms with Gasteiger partial charge in [0.1, 0.15) is 29.5 Å². The summed E-state index contributed by atoms with van der Waals surface area (Å²) in [7, 11) is 3.18. The third-order valence-corrected chi connectivity index (χ3v) is 21.4. The minimum absolute atomic E-state index is 0.0162. The van der Waals surface area contributed by atoms with E-state index in [9.17, 15) is 28.8 Å². The van der Waals surface area contributed by atoms with Gasteiger partial charge in [-0.3, -0.25) is 33.9 Å². The smallest absolute Gasteiger partial charge is 0.315 e. The van der Waals surface area contributed by atoms with E-state index in [1.54, 1.807) is 41.2 Å². The molecule has 10 rings (SSSR count). The van der Waals surface area contributed by atoms with Crippen molar-refractivity contribution in [1.29, 1.82) is 0 Å². The van der Waals surface area contributed by atoms with E-state index in [0.29, 0.717) is 179 Å². The van der Waals surface area contributed by atoms with Gasteiger partial charge in [0, 0.05) is 171 Å². The number of thioether (sulfide) groups is 1. The van der Waals surface area contributed by atoms with Gasteiger partial charge in [0.05, 0.1) is 107 Å². The Hall–Kier alpha value is -6.18. The second-order valence-electron chi connectivity index (χ2n) is 25.7. The standard InChI is InChI=1S/C70H100N12O14S2/c1-89-60-48-81(62(86)20-10-16-52(84)15-6-8-33-92-40-43-96-42-39-91-32-7-5-14-51(83)13-3-4-19-61-64-58(49-97-61)73-70(88)74-64)24-23-59-65(66(60)90-2)76-77-82(59)31-37-95-41-38-93-34-11-17-53(85)21-22-63(87)79-27-25-78(26-28-79)47-54-44-57-67(98-54)69(80-29-35-94-36-30-80)75-68(72-57)55-18-9-12-50-45-71-46-56(50)55/h9,11-12,17-18,44,46,58,60-61,64,66H,3-8,10,13-16,19-43,45,47-49H2,1-2H3,(H2,73,74,88)/b17-11+/t58-,60-,61-,64-,66+/m0/s1. The number of carbonyl (C=O) groups excluding carboxylic acids is 6. The van der Waals surface area contributed by atoms with Gasteiger partial charge < -0.3 is 63.2 Å². The van der Waals surface area contributed by atoms with Gasteiger partial charge in [0.15, 0.2) is 17.4 Å². The fourth-order valence-corrected chi connectivity index (χ4v) is 16.0. The number of thiophene rings is 1. The van der Waals surface area contributed by atoms with Crippen molar-refractivity contribution >= 4 is 80.5 Å². The Morgan fingerprint density at radius 1 is 0.714 bits per heavy atom. The number of Topliss-reactive ketones (excluding diaryl/α,β-unsaturated/α-hetero) is 2. The molecular formula is C70H100N12O14S2. The zero-order valence-corrected chi connectivity index (χ0v) is 58.8. The highest BCUT2D eigenvalue weighted by molar-refractivity contribution is 8.00. The first-order valence-electron chi connectivity index (χ1n) is 35.3. The van der Waals surface area contributed by atoms with E-state index in [1.807, 2.05) is 22.9 Å². The molecule has 0 bridgehead atoms. The minimum Gasteiger partial charge on any atom is -0.379 e. The van der Waals surface area contributed by atoms with Gasteiger partial charge >= 0.3 is 6.03 Å². The highest BCUT2D eigenvalue weighted by atomic mass is 32.2. The summed E-state index contributed by atoms with van der Waals surface area (Å²) in [6.07, 6.45) is 13.6. The van der Waals surface area contributed by atoms with E-state index in [2.05, 4.69) is 60.0 Å². The number of nitrogens with zero attached hydrogens (tertiary/aromatic N) is 10. The highest BCUT2D eigenvalue weighted by Gasteiger charge is 2.43. The molecule has 0 unspecified atom stereocenters. The van der Waals surface area contributed by atoms with Crippen molar-refractivity contribution in [1.82, 2.24) is 50.3 Å². The van der Waals surface area contributed by atoms with Crippen molar-refractivity contribution in [3.8, 4) is 11.4 Å². The number of aliphatic imine (C=N–C) groups is 1. The number of piperazine rings is 1. The molecule has 0 saturated carbocycles. The lowest BCUT2D eigenvalue weighted by atomic mass is 10.0. The number of urea groups is 1. The summed E-state index contributed by atoms with van der Waals surface area (Å²) in [5.41, 5.74) is 5.71. The summed E-state index contributed by atoms with van der Waals surface area (Å²) in [6, 6.07) is 8.83. The first kappa shape index (κ1) is 74.5. The third-order valence-electron chi connectivity index (χ3n) is 18.8. The van der Waals surface area contributed by atoms with Crippen LogP contribution >= 0.6 is 23.1 Å². The number of morpholine rings is 1. The summed E-state index contributed by atoms with van der Waals surface area (Å²) in [5.74, 6) is 2.86. The fraction of sp³-hybridized carbons (Fsp3) is 0.671. The normalized spacial score (nSPS) is 20.2. The quantitative estimate of drug-likeness (QED) is 0.0271. The number of amides is 4. The number of hydrogen-bond acceptors (Lipinski definition) is 23. The number of methoxy groups -OCH3 is 2. The van der Waals surface area contributed by atoms with Crippen LogP contribution in [-0.2, 0) is 87.9 Å². The van der Waals surface area contributed by atoms with Crippen LogP contribution in [0.15, 0.2) is 41.4 Å². The lowest BCUT2D eigenvalue weighted by Crippen LogP contribution is -2.48. The molecule has 3 aromatic heterocycles. The van der Waals surface area contributed by atoms with Gasteiger partial charge in [0.2, 0.25) is 11.8 Å². The molecule has 4 fully saturated rings. The van der Waals surface area contributed by atoms with E-state index in [-0.39, 0.29) is 67.4 Å². The number of fused-ring (bicyclic) bond motifs is 4. The maximum absolute atomic E-state index is 13.6. The second kappa shape index (κ2) is 39.7.